The van der Waals surface area contributed by atoms with E-state index < -0.39 is 12.1 Å². The molecule has 0 aliphatic rings. The fourth-order valence-corrected chi connectivity index (χ4v) is 6.16. The molecule has 0 unspecified atom stereocenters. The molecule has 0 aromatic heterocycles. The van der Waals surface area contributed by atoms with Crippen LogP contribution in [0.25, 0.3) is 0 Å². The molecule has 0 radical (unpaired) electrons. The molecule has 6 heteroatoms. The fraction of sp³-hybridized carbons (Fsp3) is 0.525. The van der Waals surface area contributed by atoms with Gasteiger partial charge in [0.25, 0.3) is 0 Å². The van der Waals surface area contributed by atoms with E-state index in [-0.39, 0.29) is 44.4 Å². The lowest BCUT2D eigenvalue weighted by Crippen LogP contribution is -2.30. The third kappa shape index (κ3) is 51.9. The molecule has 372 valence electrons. The third-order valence-corrected chi connectivity index (χ3v) is 10.00. The molecule has 67 heavy (non-hydrogen) atoms. The van der Waals surface area contributed by atoms with Crippen LogP contribution in [0.2, 0.25) is 0 Å². The number of carbonyl (C=O) groups is 3. The molecule has 0 aromatic carbocycles. The Hall–Kier alpha value is -4.97. The normalized spacial score (nSPS) is 13.4. The molecule has 0 amide bonds. The van der Waals surface area contributed by atoms with Crippen LogP contribution in [-0.4, -0.2) is 37.2 Å². The van der Waals surface area contributed by atoms with Crippen molar-refractivity contribution in [3.05, 3.63) is 158 Å². The number of rotatable bonds is 44. The van der Waals surface area contributed by atoms with Crippen molar-refractivity contribution in [3.63, 3.8) is 0 Å². The second kappa shape index (κ2) is 53.6. The summed E-state index contributed by atoms with van der Waals surface area (Å²) in [7, 11) is 0. The Morgan fingerprint density at radius 3 is 0.910 bits per heavy atom. The number of ether oxygens (including phenoxy) is 3. The van der Waals surface area contributed by atoms with E-state index in [4.69, 9.17) is 14.2 Å². The summed E-state index contributed by atoms with van der Waals surface area (Å²) in [5, 5.41) is 0. The summed E-state index contributed by atoms with van der Waals surface area (Å²) >= 11 is 0. The Morgan fingerprint density at radius 2 is 0.582 bits per heavy atom. The Labute approximate surface area is 409 Å². The second-order valence-electron chi connectivity index (χ2n) is 16.3. The molecule has 0 bridgehead atoms. The SMILES string of the molecule is CC/C=C\C/C=C\C/C=C\C/C=C\C/C=C\CCCC(=O)OC[C@H](COC(=O)CCCC/C=C\C/C=C\C/C=C\C/C=C\CC)OC(=O)CCC/C=C\C/C=C\C/C=C\C/C=C\CCCCC. The molecular formula is C61H92O6. The van der Waals surface area contributed by atoms with E-state index in [2.05, 4.69) is 179 Å². The van der Waals surface area contributed by atoms with Gasteiger partial charge in [-0.25, -0.2) is 0 Å². The first-order chi connectivity index (χ1) is 33.0. The summed E-state index contributed by atoms with van der Waals surface area (Å²) in [5.41, 5.74) is 0. The van der Waals surface area contributed by atoms with Gasteiger partial charge in [0, 0.05) is 19.3 Å². The average molecular weight is 921 g/mol. The van der Waals surface area contributed by atoms with Crippen LogP contribution in [0.1, 0.15) is 188 Å². The average Bonchev–Trinajstić information content (AvgIpc) is 3.33. The highest BCUT2D eigenvalue weighted by Crippen LogP contribution is 2.09. The van der Waals surface area contributed by atoms with Gasteiger partial charge in [0.1, 0.15) is 13.2 Å². The van der Waals surface area contributed by atoms with Crippen molar-refractivity contribution in [2.24, 2.45) is 0 Å². The van der Waals surface area contributed by atoms with E-state index in [1.807, 2.05) is 0 Å². The van der Waals surface area contributed by atoms with E-state index in [9.17, 15) is 14.4 Å². The Kier molecular flexibility index (Phi) is 49.7. The zero-order valence-corrected chi connectivity index (χ0v) is 42.3. The molecule has 6 nitrogen and oxygen atoms in total. The Morgan fingerprint density at radius 1 is 0.313 bits per heavy atom. The Bertz CT molecular complexity index is 1570. The van der Waals surface area contributed by atoms with Gasteiger partial charge in [-0.2, -0.15) is 0 Å². The molecule has 0 saturated carbocycles. The van der Waals surface area contributed by atoms with Crippen molar-refractivity contribution >= 4 is 17.9 Å². The number of hydrogen-bond donors (Lipinski definition) is 0. The van der Waals surface area contributed by atoms with E-state index in [0.717, 1.165) is 103 Å². The van der Waals surface area contributed by atoms with Crippen molar-refractivity contribution in [3.8, 4) is 0 Å². The van der Waals surface area contributed by atoms with E-state index in [1.54, 1.807) is 0 Å². The van der Waals surface area contributed by atoms with Gasteiger partial charge >= 0.3 is 17.9 Å². The maximum absolute atomic E-state index is 12.8. The molecular weight excluding hydrogens is 829 g/mol. The van der Waals surface area contributed by atoms with E-state index in [1.165, 1.54) is 25.7 Å². The van der Waals surface area contributed by atoms with Crippen molar-refractivity contribution < 1.29 is 28.6 Å². The molecule has 0 aliphatic carbocycles. The van der Waals surface area contributed by atoms with Gasteiger partial charge in [-0.1, -0.05) is 192 Å². The molecule has 0 rings (SSSR count). The zero-order chi connectivity index (χ0) is 48.6. The van der Waals surface area contributed by atoms with Gasteiger partial charge in [0.15, 0.2) is 6.10 Å². The summed E-state index contributed by atoms with van der Waals surface area (Å²) in [6, 6.07) is 0. The number of allylic oxidation sites excluding steroid dienone is 26. The van der Waals surface area contributed by atoms with Crippen LogP contribution in [0.3, 0.4) is 0 Å². The van der Waals surface area contributed by atoms with Gasteiger partial charge in [-0.3, -0.25) is 14.4 Å². The Balaban J connectivity index is 4.68. The summed E-state index contributed by atoms with van der Waals surface area (Å²) in [5.74, 6) is -1.12. The molecule has 1 atom stereocenters. The van der Waals surface area contributed by atoms with Crippen molar-refractivity contribution in [1.82, 2.24) is 0 Å². The van der Waals surface area contributed by atoms with Gasteiger partial charge in [-0.05, 0) is 135 Å². The minimum Gasteiger partial charge on any atom is -0.462 e. The minimum atomic E-state index is -0.854. The van der Waals surface area contributed by atoms with Crippen LogP contribution >= 0.6 is 0 Å². The quantitative estimate of drug-likeness (QED) is 0.0262. The maximum atomic E-state index is 12.8. The van der Waals surface area contributed by atoms with Crippen LogP contribution in [-0.2, 0) is 28.6 Å². The summed E-state index contributed by atoms with van der Waals surface area (Å²) < 4.78 is 16.7. The predicted octanol–water partition coefficient (Wildman–Crippen LogP) is 17.4. The predicted molar refractivity (Wildman–Crippen MR) is 288 cm³/mol. The molecule has 0 heterocycles. The molecule has 0 aromatic rings. The number of carbonyl (C=O) groups excluding carboxylic acids is 3. The van der Waals surface area contributed by atoms with Crippen LogP contribution in [0.5, 0.6) is 0 Å². The van der Waals surface area contributed by atoms with Gasteiger partial charge in [0.05, 0.1) is 0 Å². The van der Waals surface area contributed by atoms with Crippen molar-refractivity contribution in [2.75, 3.05) is 13.2 Å². The summed E-state index contributed by atoms with van der Waals surface area (Å²) in [6.07, 6.45) is 78.1. The molecule has 0 spiro atoms. The minimum absolute atomic E-state index is 0.147. The molecule has 0 saturated heterocycles. The molecule has 0 fully saturated rings. The van der Waals surface area contributed by atoms with Gasteiger partial charge in [0.2, 0.25) is 0 Å². The summed E-state index contributed by atoms with van der Waals surface area (Å²) in [6.45, 7) is 6.22. The molecule has 0 N–H and O–H groups in total. The first-order valence-electron chi connectivity index (χ1n) is 26.0. The second-order valence-corrected chi connectivity index (χ2v) is 16.3. The van der Waals surface area contributed by atoms with Crippen LogP contribution in [0, 0.1) is 0 Å². The van der Waals surface area contributed by atoms with E-state index in [0.29, 0.717) is 19.3 Å². The number of hydrogen-bond acceptors (Lipinski definition) is 6. The standard InChI is InChI=1S/C61H92O6/c1-4-7-10-13-16-19-22-25-28-30-33-36-39-42-45-48-51-54-60(63)66-57-58(56-65-59(62)53-50-47-44-41-38-35-32-27-24-21-18-15-12-9-6-3)67-61(64)55-52-49-46-43-40-37-34-31-29-26-23-20-17-14-11-8-5-2/h7,9-10,12,16-21,25-29,32-34,36-38,41-43,45-46,58H,4-6,8,11,13-15,22-24,30-31,35,39-40,44,47-57H2,1-3H3/b10-7-,12-9-,19-16-,20-17-,21-18-,28-25-,29-26-,32-27-,36-33-,37-34-,41-38-,45-42-,46-43-/t58-/m0/s1. The highest BCUT2D eigenvalue weighted by molar-refractivity contribution is 5.71. The number of esters is 3. The third-order valence-electron chi connectivity index (χ3n) is 10.00. The molecule has 0 aliphatic heterocycles. The highest BCUT2D eigenvalue weighted by atomic mass is 16.6. The van der Waals surface area contributed by atoms with Crippen LogP contribution < -0.4 is 0 Å². The highest BCUT2D eigenvalue weighted by Gasteiger charge is 2.19. The monoisotopic (exact) mass is 921 g/mol. The number of unbranched alkanes of at least 4 members (excludes halogenated alkanes) is 7. The zero-order valence-electron chi connectivity index (χ0n) is 42.3. The lowest BCUT2D eigenvalue weighted by Gasteiger charge is -2.18. The van der Waals surface area contributed by atoms with Crippen molar-refractivity contribution in [2.45, 2.75) is 194 Å². The largest absolute Gasteiger partial charge is 0.462 e. The lowest BCUT2D eigenvalue weighted by molar-refractivity contribution is -0.167. The first-order valence-corrected chi connectivity index (χ1v) is 26.0. The van der Waals surface area contributed by atoms with Crippen LogP contribution in [0.15, 0.2) is 158 Å². The lowest BCUT2D eigenvalue weighted by atomic mass is 10.2. The van der Waals surface area contributed by atoms with E-state index >= 15 is 0 Å². The smallest absolute Gasteiger partial charge is 0.306 e. The fourth-order valence-electron chi connectivity index (χ4n) is 6.16. The first kappa shape index (κ1) is 62.0. The topological polar surface area (TPSA) is 78.9 Å². The van der Waals surface area contributed by atoms with Gasteiger partial charge < -0.3 is 14.2 Å². The van der Waals surface area contributed by atoms with Crippen molar-refractivity contribution in [1.29, 1.82) is 0 Å². The van der Waals surface area contributed by atoms with Crippen LogP contribution in [0.4, 0.5) is 0 Å². The maximum Gasteiger partial charge on any atom is 0.306 e. The van der Waals surface area contributed by atoms with Gasteiger partial charge in [-0.15, -0.1) is 0 Å². The summed E-state index contributed by atoms with van der Waals surface area (Å²) in [4.78, 5) is 38.0.